The van der Waals surface area contributed by atoms with Crippen LogP contribution in [0.1, 0.15) is 48.9 Å². The van der Waals surface area contributed by atoms with Crippen molar-refractivity contribution < 1.29 is 27.6 Å². The van der Waals surface area contributed by atoms with Crippen LogP contribution in [0.3, 0.4) is 0 Å². The van der Waals surface area contributed by atoms with Gasteiger partial charge in [-0.05, 0) is 110 Å². The first-order chi connectivity index (χ1) is 25.7. The second-order valence-corrected chi connectivity index (χ2v) is 15.7. The first-order valence-electron chi connectivity index (χ1n) is 18.0. The van der Waals surface area contributed by atoms with Gasteiger partial charge < -0.3 is 24.7 Å². The van der Waals surface area contributed by atoms with Gasteiger partial charge in [0.15, 0.2) is 0 Å². The molecule has 3 aliphatic rings. The van der Waals surface area contributed by atoms with Crippen molar-refractivity contribution in [3.05, 3.63) is 101 Å². The van der Waals surface area contributed by atoms with E-state index in [0.717, 1.165) is 47.9 Å². The number of carbonyl (C=O) groups is 1. The van der Waals surface area contributed by atoms with Crippen LogP contribution in [0.5, 0.6) is 11.5 Å². The van der Waals surface area contributed by atoms with E-state index >= 15 is 0 Å². The lowest BCUT2D eigenvalue weighted by molar-refractivity contribution is -0.384. The van der Waals surface area contributed by atoms with Crippen LogP contribution in [-0.4, -0.2) is 61.6 Å². The Labute approximate surface area is 306 Å². The molecule has 2 saturated heterocycles. The standard InChI is InChI=1S/C39H40N6O7S/c46-39(43-53(49,50)32-10-12-34(36(22-32)45(47)48)41-23-25-14-18-51-19-15-25)33-11-7-28(21-37(33)52-31-20-29-13-16-40-38(29)42-24-31)26-5-8-30(9-6-26)44-17-1-2-35(44)27-3-4-27/h5-13,16,20-22,24-25,27,35,41H,1-4,14-15,17-19,23H2,(H,40,42)(H,43,46). The Morgan fingerprint density at radius 1 is 0.981 bits per heavy atom. The Kier molecular flexibility index (Phi) is 9.48. The van der Waals surface area contributed by atoms with Gasteiger partial charge in [-0.2, -0.15) is 0 Å². The maximum Gasteiger partial charge on any atom is 0.293 e. The number of ether oxygens (including phenoxy) is 2. The molecule has 1 amide bonds. The van der Waals surface area contributed by atoms with Crippen LogP contribution in [0, 0.1) is 22.0 Å². The highest BCUT2D eigenvalue weighted by molar-refractivity contribution is 7.90. The summed E-state index contributed by atoms with van der Waals surface area (Å²) >= 11 is 0. The Morgan fingerprint density at radius 3 is 2.55 bits per heavy atom. The molecule has 1 saturated carbocycles. The average Bonchev–Trinajstić information content (AvgIpc) is 3.69. The number of aromatic amines is 1. The molecule has 274 valence electrons. The highest BCUT2D eigenvalue weighted by atomic mass is 32.2. The van der Waals surface area contributed by atoms with Crippen LogP contribution in [-0.2, 0) is 14.8 Å². The summed E-state index contributed by atoms with van der Waals surface area (Å²) in [6.45, 7) is 2.80. The molecule has 0 radical (unpaired) electrons. The second kappa shape index (κ2) is 14.5. The fourth-order valence-corrected chi connectivity index (χ4v) is 8.41. The van der Waals surface area contributed by atoms with E-state index in [0.29, 0.717) is 37.2 Å². The lowest BCUT2D eigenvalue weighted by Gasteiger charge is -2.27. The van der Waals surface area contributed by atoms with Crippen molar-refractivity contribution in [2.24, 2.45) is 11.8 Å². The van der Waals surface area contributed by atoms with Gasteiger partial charge >= 0.3 is 0 Å². The van der Waals surface area contributed by atoms with E-state index < -0.39 is 31.4 Å². The van der Waals surface area contributed by atoms with Gasteiger partial charge in [0.05, 0.1) is 21.6 Å². The monoisotopic (exact) mass is 736 g/mol. The number of nitrogens with one attached hydrogen (secondary N) is 3. The van der Waals surface area contributed by atoms with Gasteiger partial charge in [-0.15, -0.1) is 0 Å². The van der Waals surface area contributed by atoms with Crippen LogP contribution in [0.25, 0.3) is 22.2 Å². The topological polar surface area (TPSA) is 169 Å². The number of benzene rings is 3. The third-order valence-electron chi connectivity index (χ3n) is 10.5. The number of sulfonamides is 1. The number of fused-ring (bicyclic) bond motifs is 1. The third-order valence-corrected chi connectivity index (χ3v) is 11.8. The molecule has 1 atom stereocenters. The number of carbonyl (C=O) groups excluding carboxylic acids is 1. The van der Waals surface area contributed by atoms with Crippen molar-refractivity contribution in [3.63, 3.8) is 0 Å². The number of hydrogen-bond acceptors (Lipinski definition) is 10. The molecule has 2 aliphatic heterocycles. The average molecular weight is 737 g/mol. The number of pyridine rings is 1. The van der Waals surface area contributed by atoms with Gasteiger partial charge in [0.1, 0.15) is 22.8 Å². The third kappa shape index (κ3) is 7.55. The lowest BCUT2D eigenvalue weighted by atomic mass is 10.0. The summed E-state index contributed by atoms with van der Waals surface area (Å²) in [7, 11) is -4.53. The molecular formula is C39H40N6O7S. The number of anilines is 2. The smallest absolute Gasteiger partial charge is 0.293 e. The zero-order valence-corrected chi connectivity index (χ0v) is 29.8. The Morgan fingerprint density at radius 2 is 1.77 bits per heavy atom. The number of aromatic nitrogens is 2. The predicted molar refractivity (Wildman–Crippen MR) is 201 cm³/mol. The normalized spacial score (nSPS) is 17.9. The highest BCUT2D eigenvalue weighted by Gasteiger charge is 2.38. The fraction of sp³-hybridized carbons (Fsp3) is 0.333. The number of H-pyrrole nitrogens is 1. The van der Waals surface area contributed by atoms with E-state index in [1.807, 2.05) is 18.2 Å². The number of nitrogens with zero attached hydrogens (tertiary/aromatic N) is 3. The minimum Gasteiger partial charge on any atom is -0.455 e. The number of amides is 1. The molecule has 8 rings (SSSR count). The summed E-state index contributed by atoms with van der Waals surface area (Å²) in [6, 6.07) is 21.0. The van der Waals surface area contributed by atoms with E-state index in [1.165, 1.54) is 55.8 Å². The molecule has 3 aromatic carbocycles. The van der Waals surface area contributed by atoms with E-state index in [2.05, 4.69) is 37.0 Å². The first-order valence-corrected chi connectivity index (χ1v) is 19.5. The van der Waals surface area contributed by atoms with Crippen LogP contribution >= 0.6 is 0 Å². The summed E-state index contributed by atoms with van der Waals surface area (Å²) in [4.78, 5) is 34.6. The van der Waals surface area contributed by atoms with Crippen molar-refractivity contribution in [2.45, 2.75) is 49.5 Å². The summed E-state index contributed by atoms with van der Waals surface area (Å²) in [5, 5.41) is 15.9. The summed E-state index contributed by atoms with van der Waals surface area (Å²) in [5.74, 6) is 0.577. The van der Waals surface area contributed by atoms with Gasteiger partial charge in [0.2, 0.25) is 0 Å². The van der Waals surface area contributed by atoms with Crippen molar-refractivity contribution in [1.29, 1.82) is 0 Å². The van der Waals surface area contributed by atoms with Crippen LogP contribution in [0.4, 0.5) is 17.1 Å². The zero-order chi connectivity index (χ0) is 36.5. The molecule has 14 heteroatoms. The molecule has 4 heterocycles. The molecule has 1 unspecified atom stereocenters. The maximum atomic E-state index is 13.8. The minimum absolute atomic E-state index is 0.0447. The second-order valence-electron chi connectivity index (χ2n) is 14.0. The summed E-state index contributed by atoms with van der Waals surface area (Å²) in [6.07, 6.45) is 9.96. The van der Waals surface area contributed by atoms with Crippen molar-refractivity contribution >= 4 is 44.0 Å². The van der Waals surface area contributed by atoms with E-state index in [4.69, 9.17) is 9.47 Å². The van der Waals surface area contributed by atoms with Crippen molar-refractivity contribution in [3.8, 4) is 22.6 Å². The van der Waals surface area contributed by atoms with E-state index in [-0.39, 0.29) is 22.9 Å². The molecule has 2 aromatic heterocycles. The minimum atomic E-state index is -4.53. The van der Waals surface area contributed by atoms with Crippen LogP contribution < -0.4 is 19.7 Å². The summed E-state index contributed by atoms with van der Waals surface area (Å²) in [5.41, 5.74) is 3.26. The van der Waals surface area contributed by atoms with Crippen molar-refractivity contribution in [2.75, 3.05) is 36.5 Å². The molecule has 5 aromatic rings. The van der Waals surface area contributed by atoms with Gasteiger partial charge in [-0.25, -0.2) is 18.1 Å². The molecular weight excluding hydrogens is 697 g/mol. The largest absolute Gasteiger partial charge is 0.455 e. The van der Waals surface area contributed by atoms with E-state index in [9.17, 15) is 23.3 Å². The van der Waals surface area contributed by atoms with Gasteiger partial charge in [-0.1, -0.05) is 18.2 Å². The Balaban J connectivity index is 1.06. The van der Waals surface area contributed by atoms with Crippen LogP contribution in [0.2, 0.25) is 0 Å². The van der Waals surface area contributed by atoms with Crippen molar-refractivity contribution in [1.82, 2.24) is 14.7 Å². The number of hydrogen-bond donors (Lipinski definition) is 3. The molecule has 53 heavy (non-hydrogen) atoms. The molecule has 3 N–H and O–H groups in total. The number of rotatable bonds is 12. The van der Waals surface area contributed by atoms with Gasteiger partial charge in [-0.3, -0.25) is 14.9 Å². The molecule has 3 fully saturated rings. The quantitative estimate of drug-likeness (QED) is 0.0875. The lowest BCUT2D eigenvalue weighted by Crippen LogP contribution is -2.31. The molecule has 13 nitrogen and oxygen atoms in total. The highest BCUT2D eigenvalue weighted by Crippen LogP contribution is 2.42. The molecule has 1 aliphatic carbocycles. The van der Waals surface area contributed by atoms with Crippen LogP contribution in [0.15, 0.2) is 90.1 Å². The maximum absolute atomic E-state index is 13.8. The Hall–Kier alpha value is -5.47. The fourth-order valence-electron chi connectivity index (χ4n) is 7.43. The number of nitro groups is 1. The zero-order valence-electron chi connectivity index (χ0n) is 29.0. The predicted octanol–water partition coefficient (Wildman–Crippen LogP) is 7.27. The van der Waals surface area contributed by atoms with Gasteiger partial charge in [0, 0.05) is 55.7 Å². The SMILES string of the molecule is O=C(NS(=O)(=O)c1ccc(NCC2CCOCC2)c([N+](=O)[O-])c1)c1ccc(-c2ccc(N3CCCC3C3CC3)cc2)cc1Oc1cnc2[nH]ccc2c1. The van der Waals surface area contributed by atoms with Gasteiger partial charge in [0.25, 0.3) is 21.6 Å². The molecule has 0 spiro atoms. The molecule has 0 bridgehead atoms. The first kappa shape index (κ1) is 34.6. The van der Waals surface area contributed by atoms with E-state index in [1.54, 1.807) is 24.4 Å². The Bertz CT molecular complexity index is 2270. The number of nitro benzene ring substituents is 1. The summed E-state index contributed by atoms with van der Waals surface area (Å²) < 4.78 is 40.8.